The van der Waals surface area contributed by atoms with Crippen molar-refractivity contribution >= 4 is 11.3 Å². The molecule has 1 aromatic heterocycles. The minimum atomic E-state index is -0.197. The Balaban J connectivity index is 1.60. The van der Waals surface area contributed by atoms with Gasteiger partial charge in [-0.1, -0.05) is 0 Å². The second-order valence-corrected chi connectivity index (χ2v) is 7.11. The van der Waals surface area contributed by atoms with Gasteiger partial charge in [0.25, 0.3) is 0 Å². The van der Waals surface area contributed by atoms with Crippen molar-refractivity contribution in [2.45, 2.75) is 39.3 Å². The highest BCUT2D eigenvalue weighted by molar-refractivity contribution is 7.11. The molecular formula is C15H26N2OS. The number of hydrogen-bond acceptors (Lipinski definition) is 4. The van der Waals surface area contributed by atoms with Crippen LogP contribution in [0.3, 0.4) is 0 Å². The Morgan fingerprint density at radius 1 is 1.42 bits per heavy atom. The second-order valence-electron chi connectivity index (χ2n) is 5.74. The molecule has 1 fully saturated rings. The van der Waals surface area contributed by atoms with Gasteiger partial charge in [0.2, 0.25) is 0 Å². The van der Waals surface area contributed by atoms with Crippen molar-refractivity contribution in [3.63, 3.8) is 0 Å². The minimum Gasteiger partial charge on any atom is -0.392 e. The maximum Gasteiger partial charge on any atom is 0.0639 e. The van der Waals surface area contributed by atoms with Crippen LogP contribution in [-0.4, -0.2) is 42.3 Å². The molecule has 1 saturated heterocycles. The van der Waals surface area contributed by atoms with E-state index in [1.54, 1.807) is 0 Å². The molecule has 1 aromatic rings. The van der Waals surface area contributed by atoms with Gasteiger partial charge in [-0.15, -0.1) is 11.3 Å². The van der Waals surface area contributed by atoms with Crippen molar-refractivity contribution in [1.29, 1.82) is 0 Å². The zero-order chi connectivity index (χ0) is 13.7. The van der Waals surface area contributed by atoms with Gasteiger partial charge >= 0.3 is 0 Å². The van der Waals surface area contributed by atoms with Crippen molar-refractivity contribution in [2.24, 2.45) is 5.92 Å². The lowest BCUT2D eigenvalue weighted by Crippen LogP contribution is -2.40. The molecule has 0 radical (unpaired) electrons. The van der Waals surface area contributed by atoms with E-state index in [0.717, 1.165) is 38.6 Å². The van der Waals surface area contributed by atoms with Crippen molar-refractivity contribution < 1.29 is 5.11 Å². The fourth-order valence-corrected chi connectivity index (χ4v) is 3.59. The van der Waals surface area contributed by atoms with Gasteiger partial charge in [0.05, 0.1) is 6.10 Å². The zero-order valence-corrected chi connectivity index (χ0v) is 12.9. The van der Waals surface area contributed by atoms with E-state index in [-0.39, 0.29) is 6.10 Å². The van der Waals surface area contributed by atoms with Gasteiger partial charge in [-0.2, -0.15) is 0 Å². The molecule has 0 unspecified atom stereocenters. The molecule has 19 heavy (non-hydrogen) atoms. The van der Waals surface area contributed by atoms with Gasteiger partial charge in [0.1, 0.15) is 0 Å². The summed E-state index contributed by atoms with van der Waals surface area (Å²) in [6, 6.07) is 4.41. The Hall–Kier alpha value is -0.420. The average molecular weight is 282 g/mol. The highest BCUT2D eigenvalue weighted by Gasteiger charge is 2.19. The summed E-state index contributed by atoms with van der Waals surface area (Å²) in [4.78, 5) is 5.20. The summed E-state index contributed by atoms with van der Waals surface area (Å²) in [5.41, 5.74) is 0. The molecule has 0 bridgehead atoms. The van der Waals surface area contributed by atoms with E-state index in [9.17, 15) is 5.11 Å². The molecule has 2 heterocycles. The number of aliphatic hydroxyl groups excluding tert-OH is 1. The first-order valence-electron chi connectivity index (χ1n) is 7.30. The molecule has 3 nitrogen and oxygen atoms in total. The second kappa shape index (κ2) is 7.39. The van der Waals surface area contributed by atoms with E-state index < -0.39 is 0 Å². The Morgan fingerprint density at radius 2 is 2.16 bits per heavy atom. The van der Waals surface area contributed by atoms with Crippen LogP contribution in [0.1, 0.15) is 29.5 Å². The maximum absolute atomic E-state index is 9.39. The number of thiophene rings is 1. The van der Waals surface area contributed by atoms with Crippen LogP contribution >= 0.6 is 11.3 Å². The number of hydrogen-bond donors (Lipinski definition) is 2. The van der Waals surface area contributed by atoms with Crippen LogP contribution in [0.5, 0.6) is 0 Å². The molecule has 0 aromatic carbocycles. The summed E-state index contributed by atoms with van der Waals surface area (Å²) in [6.45, 7) is 9.26. The number of nitrogens with zero attached hydrogens (tertiary/aromatic N) is 1. The molecule has 1 aliphatic rings. The van der Waals surface area contributed by atoms with E-state index in [4.69, 9.17) is 0 Å². The molecule has 0 saturated carbocycles. The molecule has 0 aliphatic carbocycles. The zero-order valence-electron chi connectivity index (χ0n) is 12.1. The number of likely N-dealkylation sites (tertiary alicyclic amines) is 1. The summed E-state index contributed by atoms with van der Waals surface area (Å²) >= 11 is 1.88. The smallest absolute Gasteiger partial charge is 0.0639 e. The first-order chi connectivity index (χ1) is 9.13. The maximum atomic E-state index is 9.39. The first-order valence-corrected chi connectivity index (χ1v) is 8.11. The van der Waals surface area contributed by atoms with Crippen LogP contribution in [0.2, 0.25) is 0 Å². The molecule has 4 heteroatoms. The minimum absolute atomic E-state index is 0.197. The Morgan fingerprint density at radius 3 is 2.74 bits per heavy atom. The number of nitrogens with one attached hydrogen (secondary N) is 1. The number of aliphatic hydroxyl groups is 1. The molecular weight excluding hydrogens is 256 g/mol. The molecule has 108 valence electrons. The highest BCUT2D eigenvalue weighted by atomic mass is 32.1. The van der Waals surface area contributed by atoms with Gasteiger partial charge in [0, 0.05) is 22.8 Å². The van der Waals surface area contributed by atoms with Crippen LogP contribution < -0.4 is 5.32 Å². The molecule has 2 rings (SSSR count). The van der Waals surface area contributed by atoms with Gasteiger partial charge < -0.3 is 15.3 Å². The number of aryl methyl sites for hydroxylation is 1. The van der Waals surface area contributed by atoms with Crippen LogP contribution in [0.25, 0.3) is 0 Å². The van der Waals surface area contributed by atoms with Crippen LogP contribution in [0.15, 0.2) is 12.1 Å². The lowest BCUT2D eigenvalue weighted by Gasteiger charge is -2.32. The van der Waals surface area contributed by atoms with Gasteiger partial charge in [-0.25, -0.2) is 0 Å². The SMILES string of the molecule is Cc1ccc(CNCC2CCN(C[C@H](C)O)CC2)s1. The van der Waals surface area contributed by atoms with Crippen LogP contribution in [0.4, 0.5) is 0 Å². The summed E-state index contributed by atoms with van der Waals surface area (Å²) < 4.78 is 0. The normalized spacial score (nSPS) is 19.7. The molecule has 1 aliphatic heterocycles. The number of rotatable bonds is 6. The quantitative estimate of drug-likeness (QED) is 0.840. The molecule has 1 atom stereocenters. The average Bonchev–Trinajstić information content (AvgIpc) is 2.77. The number of β-amino-alcohol motifs (C(OH)–C–C–N with tert-alkyl or cyclic N) is 1. The van der Waals surface area contributed by atoms with E-state index in [0.29, 0.717) is 0 Å². The van der Waals surface area contributed by atoms with Crippen molar-refractivity contribution in [2.75, 3.05) is 26.2 Å². The highest BCUT2D eigenvalue weighted by Crippen LogP contribution is 2.18. The molecule has 2 N–H and O–H groups in total. The van der Waals surface area contributed by atoms with E-state index in [2.05, 4.69) is 29.3 Å². The van der Waals surface area contributed by atoms with Crippen molar-refractivity contribution in [1.82, 2.24) is 10.2 Å². The van der Waals surface area contributed by atoms with E-state index >= 15 is 0 Å². The predicted octanol–water partition coefficient (Wildman–Crippen LogP) is 2.24. The first kappa shape index (κ1) is 15.0. The van der Waals surface area contributed by atoms with Gasteiger partial charge in [-0.3, -0.25) is 0 Å². The standard InChI is InChI=1S/C15H26N2OS/c1-12(18)11-17-7-5-14(6-8-17)9-16-10-15-4-3-13(2)19-15/h3-4,12,14,16,18H,5-11H2,1-2H3/t12-/m0/s1. The summed E-state index contributed by atoms with van der Waals surface area (Å²) in [7, 11) is 0. The third-order valence-corrected chi connectivity index (χ3v) is 4.76. The third-order valence-electron chi connectivity index (χ3n) is 3.76. The summed E-state index contributed by atoms with van der Waals surface area (Å²) in [5, 5.41) is 13.0. The third kappa shape index (κ3) is 5.22. The Kier molecular flexibility index (Phi) is 5.82. The van der Waals surface area contributed by atoms with Crippen molar-refractivity contribution in [3.05, 3.63) is 21.9 Å². The molecule has 0 amide bonds. The summed E-state index contributed by atoms with van der Waals surface area (Å²) in [6.07, 6.45) is 2.31. The van der Waals surface area contributed by atoms with Gasteiger partial charge in [-0.05, 0) is 64.4 Å². The monoisotopic (exact) mass is 282 g/mol. The van der Waals surface area contributed by atoms with Gasteiger partial charge in [0.15, 0.2) is 0 Å². The summed E-state index contributed by atoms with van der Waals surface area (Å²) in [5.74, 6) is 0.798. The Labute approximate surface area is 120 Å². The predicted molar refractivity (Wildman–Crippen MR) is 81.6 cm³/mol. The fraction of sp³-hybridized carbons (Fsp3) is 0.733. The number of piperidine rings is 1. The van der Waals surface area contributed by atoms with E-state index in [1.165, 1.54) is 22.6 Å². The Bertz CT molecular complexity index is 370. The fourth-order valence-electron chi connectivity index (χ4n) is 2.73. The topological polar surface area (TPSA) is 35.5 Å². The van der Waals surface area contributed by atoms with Crippen molar-refractivity contribution in [3.8, 4) is 0 Å². The lowest BCUT2D eigenvalue weighted by molar-refractivity contribution is 0.0998. The molecule has 0 spiro atoms. The van der Waals surface area contributed by atoms with Crippen LogP contribution in [0, 0.1) is 12.8 Å². The lowest BCUT2D eigenvalue weighted by atomic mass is 9.96. The van der Waals surface area contributed by atoms with Crippen LogP contribution in [-0.2, 0) is 6.54 Å². The largest absolute Gasteiger partial charge is 0.392 e. The van der Waals surface area contributed by atoms with E-state index in [1.807, 2.05) is 18.3 Å².